The van der Waals surface area contributed by atoms with Gasteiger partial charge in [-0.2, -0.15) is 0 Å². The van der Waals surface area contributed by atoms with E-state index in [0.717, 1.165) is 11.1 Å². The second-order valence-corrected chi connectivity index (χ2v) is 7.35. The Hall–Kier alpha value is -2.65. The van der Waals surface area contributed by atoms with Gasteiger partial charge in [-0.05, 0) is 53.1 Å². The number of likely N-dealkylation sites (N-methyl/N-ethyl adjacent to an activating group) is 1. The van der Waals surface area contributed by atoms with Crippen LogP contribution in [0.3, 0.4) is 0 Å². The van der Waals surface area contributed by atoms with Crippen LogP contribution in [0.5, 0.6) is 0 Å². The van der Waals surface area contributed by atoms with E-state index in [0.29, 0.717) is 21.7 Å². The third kappa shape index (κ3) is 6.16. The second-order valence-electron chi connectivity index (χ2n) is 6.91. The largest absolute Gasteiger partial charge is 0.384 e. The van der Waals surface area contributed by atoms with Crippen LogP contribution >= 0.6 is 11.6 Å². The molecule has 0 radical (unpaired) electrons. The lowest BCUT2D eigenvalue weighted by Crippen LogP contribution is -2.26. The zero-order chi connectivity index (χ0) is 22.4. The Labute approximate surface area is 181 Å². The van der Waals surface area contributed by atoms with Crippen molar-refractivity contribution in [3.05, 3.63) is 119 Å². The van der Waals surface area contributed by atoms with Gasteiger partial charge in [0.2, 0.25) is 0 Å². The molecule has 0 aromatic heterocycles. The molecule has 3 rings (SSSR count). The number of rotatable bonds is 8. The molecule has 0 saturated heterocycles. The van der Waals surface area contributed by atoms with Crippen LogP contribution in [0.2, 0.25) is 5.02 Å². The van der Waals surface area contributed by atoms with Gasteiger partial charge in [0, 0.05) is 20.8 Å². The van der Waals surface area contributed by atoms with Gasteiger partial charge in [0.05, 0.1) is 0 Å². The average Bonchev–Trinajstić information content (AvgIpc) is 2.79. The molecule has 2 nitrogen and oxygen atoms in total. The number of nitrogens with zero attached hydrogens (tertiary/aromatic N) is 1. The summed E-state index contributed by atoms with van der Waals surface area (Å²) < 4.78 is 17.0. The van der Waals surface area contributed by atoms with Crippen LogP contribution in [-0.2, 0) is 6.50 Å². The minimum absolute atomic E-state index is 0.188. The van der Waals surface area contributed by atoms with Crippen molar-refractivity contribution in [2.45, 2.75) is 12.6 Å². The predicted octanol–water partition coefficient (Wildman–Crippen LogP) is 5.93. The average molecular weight is 406 g/mol. The maximum Gasteiger partial charge on any atom is 0.102 e. The first kappa shape index (κ1) is 18.4. The van der Waals surface area contributed by atoms with E-state index in [2.05, 4.69) is 6.58 Å². The summed E-state index contributed by atoms with van der Waals surface area (Å²) in [6.45, 7) is 2.57. The molecule has 148 valence electrons. The van der Waals surface area contributed by atoms with Crippen molar-refractivity contribution in [1.82, 2.24) is 4.90 Å². The number of benzene rings is 3. The molecule has 0 aliphatic carbocycles. The van der Waals surface area contributed by atoms with Crippen LogP contribution in [-0.4, -0.2) is 29.7 Å². The Kier molecular flexibility index (Phi) is 6.48. The summed E-state index contributed by atoms with van der Waals surface area (Å²) in [5.41, 5.74) is 3.54. The molecular formula is C26H26ClNO. The highest BCUT2D eigenvalue weighted by Gasteiger charge is 2.18. The summed E-state index contributed by atoms with van der Waals surface area (Å²) in [5, 5.41) is 11.8. The van der Waals surface area contributed by atoms with Gasteiger partial charge < -0.3 is 5.11 Å². The number of aliphatic hydroxyl groups excluding tert-OH is 1. The highest BCUT2D eigenvalue weighted by atomic mass is 35.5. The highest BCUT2D eigenvalue weighted by molar-refractivity contribution is 6.30. The Morgan fingerprint density at radius 2 is 1.62 bits per heavy atom. The number of hydrogen-bond donors (Lipinski definition) is 1. The normalized spacial score (nSPS) is 14.3. The Balaban J connectivity index is 1.86. The quantitative estimate of drug-likeness (QED) is 0.371. The third-order valence-electron chi connectivity index (χ3n) is 4.51. The second kappa shape index (κ2) is 10.2. The number of aliphatic hydroxyl groups is 1. The SMILES string of the molecule is [2H]C([2H])(c1ccccc1)N(C)CC(=C)C(O)/C(=C\c1ccc(Cl)cc1)c1ccccc1. The summed E-state index contributed by atoms with van der Waals surface area (Å²) in [7, 11) is 1.69. The van der Waals surface area contributed by atoms with Crippen molar-refractivity contribution < 1.29 is 7.85 Å². The van der Waals surface area contributed by atoms with E-state index >= 15 is 0 Å². The molecule has 0 heterocycles. The molecule has 0 aliphatic heterocycles. The topological polar surface area (TPSA) is 23.5 Å². The van der Waals surface area contributed by atoms with E-state index in [-0.39, 0.29) is 6.54 Å². The van der Waals surface area contributed by atoms with E-state index in [9.17, 15) is 5.11 Å². The lowest BCUT2D eigenvalue weighted by molar-refractivity contribution is 0.247. The van der Waals surface area contributed by atoms with Crippen LogP contribution in [0.4, 0.5) is 0 Å². The van der Waals surface area contributed by atoms with Crippen LogP contribution in [0.15, 0.2) is 97.1 Å². The van der Waals surface area contributed by atoms with E-state index in [1.807, 2.05) is 66.7 Å². The van der Waals surface area contributed by atoms with Crippen LogP contribution in [0, 0.1) is 0 Å². The molecule has 1 N–H and O–H groups in total. The fraction of sp³-hybridized carbons (Fsp3) is 0.154. The minimum Gasteiger partial charge on any atom is -0.384 e. The Morgan fingerprint density at radius 1 is 1.03 bits per heavy atom. The number of halogens is 1. The zero-order valence-corrected chi connectivity index (χ0v) is 17.2. The van der Waals surface area contributed by atoms with Crippen LogP contribution in [0.25, 0.3) is 11.6 Å². The Bertz CT molecular complexity index is 1030. The van der Waals surface area contributed by atoms with Crippen molar-refractivity contribution in [2.75, 3.05) is 13.6 Å². The molecule has 0 fully saturated rings. The summed E-state index contributed by atoms with van der Waals surface area (Å²) in [6.07, 6.45) is 0.944. The zero-order valence-electron chi connectivity index (χ0n) is 18.4. The van der Waals surface area contributed by atoms with Crippen LogP contribution < -0.4 is 0 Å². The number of hydrogen-bond acceptors (Lipinski definition) is 2. The molecule has 3 heteroatoms. The monoisotopic (exact) mass is 405 g/mol. The summed E-state index contributed by atoms with van der Waals surface area (Å²) in [5.74, 6) is 0. The molecule has 0 amide bonds. The van der Waals surface area contributed by atoms with Gasteiger partial charge in [0.25, 0.3) is 0 Å². The molecule has 3 aromatic carbocycles. The molecule has 0 aliphatic rings. The molecular weight excluding hydrogens is 378 g/mol. The minimum atomic E-state index is -1.70. The fourth-order valence-electron chi connectivity index (χ4n) is 3.07. The van der Waals surface area contributed by atoms with Gasteiger partial charge in [-0.25, -0.2) is 0 Å². The predicted molar refractivity (Wildman–Crippen MR) is 124 cm³/mol. The first-order chi connectivity index (χ1) is 14.8. The summed E-state index contributed by atoms with van der Waals surface area (Å²) in [4.78, 5) is 1.55. The smallest absolute Gasteiger partial charge is 0.102 e. The van der Waals surface area contributed by atoms with Crippen molar-refractivity contribution in [2.24, 2.45) is 0 Å². The maximum absolute atomic E-state index is 11.2. The van der Waals surface area contributed by atoms with Gasteiger partial charge >= 0.3 is 0 Å². The van der Waals surface area contributed by atoms with E-state index < -0.39 is 12.6 Å². The van der Waals surface area contributed by atoms with Crippen LogP contribution in [0.1, 0.15) is 19.4 Å². The summed E-state index contributed by atoms with van der Waals surface area (Å²) >= 11 is 6.00. The van der Waals surface area contributed by atoms with E-state index in [1.54, 1.807) is 36.2 Å². The Morgan fingerprint density at radius 3 is 2.24 bits per heavy atom. The van der Waals surface area contributed by atoms with E-state index in [1.165, 1.54) is 0 Å². The molecule has 0 bridgehead atoms. The molecule has 1 unspecified atom stereocenters. The molecule has 29 heavy (non-hydrogen) atoms. The maximum atomic E-state index is 11.2. The van der Waals surface area contributed by atoms with Crippen molar-refractivity contribution >= 4 is 23.3 Å². The van der Waals surface area contributed by atoms with Gasteiger partial charge in [-0.3, -0.25) is 4.90 Å². The molecule has 3 aromatic rings. The highest BCUT2D eigenvalue weighted by Crippen LogP contribution is 2.26. The first-order valence-corrected chi connectivity index (χ1v) is 9.82. The lowest BCUT2D eigenvalue weighted by Gasteiger charge is -2.23. The van der Waals surface area contributed by atoms with Gasteiger partial charge in [0.15, 0.2) is 0 Å². The third-order valence-corrected chi connectivity index (χ3v) is 4.77. The van der Waals surface area contributed by atoms with Crippen molar-refractivity contribution in [3.63, 3.8) is 0 Å². The standard InChI is InChI=1S/C26H26ClNO/c1-20(18-28(2)19-22-9-5-3-6-10-22)26(29)25(23-11-7-4-8-12-23)17-21-13-15-24(27)16-14-21/h3-17,26,29H,1,18-19H2,2H3/b25-17-/i19D2. The lowest BCUT2D eigenvalue weighted by atomic mass is 9.93. The molecule has 0 saturated carbocycles. The van der Waals surface area contributed by atoms with Gasteiger partial charge in [-0.1, -0.05) is 91.0 Å². The van der Waals surface area contributed by atoms with Crippen molar-refractivity contribution in [1.29, 1.82) is 0 Å². The molecule has 0 spiro atoms. The van der Waals surface area contributed by atoms with Crippen molar-refractivity contribution in [3.8, 4) is 0 Å². The van der Waals surface area contributed by atoms with E-state index in [4.69, 9.17) is 14.3 Å². The van der Waals surface area contributed by atoms with Gasteiger partial charge in [-0.15, -0.1) is 0 Å². The van der Waals surface area contributed by atoms with Gasteiger partial charge in [0.1, 0.15) is 6.10 Å². The fourth-order valence-corrected chi connectivity index (χ4v) is 3.20. The first-order valence-electron chi connectivity index (χ1n) is 10.4. The summed E-state index contributed by atoms with van der Waals surface area (Å²) in [6, 6.07) is 26.0. The molecule has 1 atom stereocenters.